The Kier molecular flexibility index (Phi) is 6.55. The van der Waals surface area contributed by atoms with Crippen LogP contribution in [-0.2, 0) is 9.53 Å². The summed E-state index contributed by atoms with van der Waals surface area (Å²) >= 11 is 3.05. The summed E-state index contributed by atoms with van der Waals surface area (Å²) in [5.74, 6) is -0.893. The van der Waals surface area contributed by atoms with Crippen molar-refractivity contribution in [3.63, 3.8) is 0 Å². The second kappa shape index (κ2) is 6.83. The fourth-order valence-corrected chi connectivity index (χ4v) is 1.56. The fraction of sp³-hybridized carbons (Fsp3) is 0.300. The predicted molar refractivity (Wildman–Crippen MR) is 64.9 cm³/mol. The van der Waals surface area contributed by atoms with Crippen molar-refractivity contribution in [2.45, 2.75) is 12.5 Å². The Morgan fingerprint density at radius 1 is 1.62 bits per heavy atom. The van der Waals surface area contributed by atoms with E-state index in [9.17, 15) is 9.18 Å². The normalized spacial score (nSPS) is 11.5. The largest absolute Gasteiger partial charge is 0.469 e. The minimum atomic E-state index is -0.685. The molecule has 0 aliphatic heterocycles. The van der Waals surface area contributed by atoms with Gasteiger partial charge in [-0.2, -0.15) is 0 Å². The third-order valence-corrected chi connectivity index (χ3v) is 2.61. The Morgan fingerprint density at radius 3 is 2.81 bits per heavy atom. The Labute approximate surface area is 108 Å². The zero-order valence-corrected chi connectivity index (χ0v) is 11.0. The number of ether oxygens (including phenoxy) is 1. The molecule has 0 amide bonds. The van der Waals surface area contributed by atoms with Gasteiger partial charge in [-0.1, -0.05) is 12.1 Å². The molecule has 2 N–H and O–H groups in total. The molecular weight excluding hydrogens is 300 g/mol. The summed E-state index contributed by atoms with van der Waals surface area (Å²) in [5.41, 5.74) is 5.98. The van der Waals surface area contributed by atoms with Gasteiger partial charge in [0.2, 0.25) is 0 Å². The Bertz CT molecular complexity index is 376. The lowest BCUT2D eigenvalue weighted by Gasteiger charge is -2.12. The van der Waals surface area contributed by atoms with Crippen LogP contribution in [0.2, 0.25) is 0 Å². The molecule has 0 spiro atoms. The molecule has 0 bridgehead atoms. The van der Waals surface area contributed by atoms with Gasteiger partial charge in [0, 0.05) is 11.6 Å². The average Bonchev–Trinajstić information content (AvgIpc) is 2.21. The summed E-state index contributed by atoms with van der Waals surface area (Å²) in [4.78, 5) is 11.0. The Hall–Kier alpha value is -0.650. The number of halogens is 3. The van der Waals surface area contributed by atoms with Crippen molar-refractivity contribution < 1.29 is 13.9 Å². The van der Waals surface area contributed by atoms with Gasteiger partial charge in [-0.05, 0) is 22.0 Å². The van der Waals surface area contributed by atoms with E-state index in [-0.39, 0.29) is 18.8 Å². The first kappa shape index (κ1) is 15.3. The van der Waals surface area contributed by atoms with Gasteiger partial charge in [0.1, 0.15) is 5.82 Å². The number of carbonyl (C=O) groups is 1. The van der Waals surface area contributed by atoms with E-state index in [2.05, 4.69) is 20.7 Å². The first-order valence-electron chi connectivity index (χ1n) is 4.32. The highest BCUT2D eigenvalue weighted by Crippen LogP contribution is 2.24. The van der Waals surface area contributed by atoms with Crippen LogP contribution < -0.4 is 5.73 Å². The molecule has 16 heavy (non-hydrogen) atoms. The van der Waals surface area contributed by atoms with Crippen molar-refractivity contribution >= 4 is 34.3 Å². The summed E-state index contributed by atoms with van der Waals surface area (Å²) in [6, 6.07) is 4.10. The molecule has 1 aromatic rings. The molecule has 0 saturated carbocycles. The van der Waals surface area contributed by atoms with E-state index in [0.717, 1.165) is 0 Å². The van der Waals surface area contributed by atoms with Gasteiger partial charge in [0.05, 0.1) is 18.0 Å². The van der Waals surface area contributed by atoms with Gasteiger partial charge >= 0.3 is 5.97 Å². The molecule has 0 unspecified atom stereocenters. The van der Waals surface area contributed by atoms with Crippen LogP contribution in [0, 0.1) is 5.82 Å². The Morgan fingerprint density at radius 2 is 2.25 bits per heavy atom. The first-order chi connectivity index (χ1) is 7.06. The lowest BCUT2D eigenvalue weighted by molar-refractivity contribution is -0.141. The van der Waals surface area contributed by atoms with Crippen LogP contribution in [-0.4, -0.2) is 13.1 Å². The predicted octanol–water partition coefficient (Wildman–Crippen LogP) is 2.57. The van der Waals surface area contributed by atoms with Crippen LogP contribution in [0.4, 0.5) is 4.39 Å². The Balaban J connectivity index is 0.00000225. The third kappa shape index (κ3) is 3.73. The monoisotopic (exact) mass is 311 g/mol. The number of nitrogens with two attached hydrogens (primary N) is 1. The van der Waals surface area contributed by atoms with E-state index in [1.54, 1.807) is 18.2 Å². The van der Waals surface area contributed by atoms with Crippen LogP contribution in [0.25, 0.3) is 0 Å². The summed E-state index contributed by atoms with van der Waals surface area (Å²) in [6.45, 7) is 0. The highest BCUT2D eigenvalue weighted by molar-refractivity contribution is 9.10. The zero-order chi connectivity index (χ0) is 11.4. The standard InChI is InChI=1S/C10H11BrFNO2.ClH/c1-15-9(14)5-8(13)6-3-2-4-7(11)10(6)12;/h2-4,8H,5,13H2,1H3;1H/t8-;/m0./s1. The summed E-state index contributed by atoms with van der Waals surface area (Å²) in [6.07, 6.45) is -0.0378. The number of carbonyl (C=O) groups excluding carboxylic acids is 1. The van der Waals surface area contributed by atoms with Crippen LogP contribution in [0.1, 0.15) is 18.0 Å². The molecule has 0 aliphatic rings. The first-order valence-corrected chi connectivity index (χ1v) is 5.12. The molecule has 0 radical (unpaired) electrons. The summed E-state index contributed by atoms with van der Waals surface area (Å²) < 4.78 is 18.3. The average molecular weight is 313 g/mol. The van der Waals surface area contributed by atoms with Gasteiger partial charge in [0.25, 0.3) is 0 Å². The van der Waals surface area contributed by atoms with Gasteiger partial charge in [-0.15, -0.1) is 12.4 Å². The SMILES string of the molecule is COC(=O)C[C@H](N)c1cccc(Br)c1F.Cl. The van der Waals surface area contributed by atoms with Crippen LogP contribution >= 0.6 is 28.3 Å². The van der Waals surface area contributed by atoms with Crippen LogP contribution in [0.5, 0.6) is 0 Å². The van der Waals surface area contributed by atoms with Crippen molar-refractivity contribution in [3.05, 3.63) is 34.1 Å². The second-order valence-electron chi connectivity index (χ2n) is 3.03. The minimum absolute atomic E-state index is 0. The van der Waals surface area contributed by atoms with Gasteiger partial charge in [-0.25, -0.2) is 4.39 Å². The van der Waals surface area contributed by atoms with Crippen molar-refractivity contribution in [3.8, 4) is 0 Å². The van der Waals surface area contributed by atoms with Crippen molar-refractivity contribution in [2.24, 2.45) is 5.73 Å². The molecule has 1 aromatic carbocycles. The molecule has 6 heteroatoms. The molecule has 0 aromatic heterocycles. The highest BCUT2D eigenvalue weighted by Gasteiger charge is 2.16. The second-order valence-corrected chi connectivity index (χ2v) is 3.88. The number of hydrogen-bond acceptors (Lipinski definition) is 3. The van der Waals surface area contributed by atoms with E-state index >= 15 is 0 Å². The highest BCUT2D eigenvalue weighted by atomic mass is 79.9. The van der Waals surface area contributed by atoms with E-state index < -0.39 is 17.8 Å². The van der Waals surface area contributed by atoms with Crippen molar-refractivity contribution in [1.29, 1.82) is 0 Å². The maximum atomic E-state index is 13.5. The molecule has 1 rings (SSSR count). The van der Waals surface area contributed by atoms with E-state index in [1.165, 1.54) is 7.11 Å². The fourth-order valence-electron chi connectivity index (χ4n) is 1.18. The molecule has 0 saturated heterocycles. The lowest BCUT2D eigenvalue weighted by Crippen LogP contribution is -2.17. The number of benzene rings is 1. The minimum Gasteiger partial charge on any atom is -0.469 e. The number of methoxy groups -OCH3 is 1. The van der Waals surface area contributed by atoms with Gasteiger partial charge in [-0.3, -0.25) is 4.79 Å². The van der Waals surface area contributed by atoms with E-state index in [1.807, 2.05) is 0 Å². The molecule has 0 heterocycles. The lowest BCUT2D eigenvalue weighted by atomic mass is 10.0. The smallest absolute Gasteiger partial charge is 0.307 e. The van der Waals surface area contributed by atoms with Gasteiger partial charge in [0.15, 0.2) is 0 Å². The molecule has 0 fully saturated rings. The molecular formula is C10H12BrClFNO2. The van der Waals surface area contributed by atoms with Crippen LogP contribution in [0.15, 0.2) is 22.7 Å². The maximum absolute atomic E-state index is 13.5. The third-order valence-electron chi connectivity index (χ3n) is 2.00. The number of rotatable bonds is 3. The molecule has 1 atom stereocenters. The van der Waals surface area contributed by atoms with Crippen LogP contribution in [0.3, 0.4) is 0 Å². The summed E-state index contributed by atoms with van der Waals surface area (Å²) in [7, 11) is 1.27. The number of esters is 1. The summed E-state index contributed by atoms with van der Waals surface area (Å²) in [5, 5.41) is 0. The topological polar surface area (TPSA) is 52.3 Å². The van der Waals surface area contributed by atoms with Crippen molar-refractivity contribution in [2.75, 3.05) is 7.11 Å². The van der Waals surface area contributed by atoms with E-state index in [4.69, 9.17) is 5.73 Å². The quantitative estimate of drug-likeness (QED) is 0.873. The molecule has 3 nitrogen and oxygen atoms in total. The van der Waals surface area contributed by atoms with E-state index in [0.29, 0.717) is 10.0 Å². The zero-order valence-electron chi connectivity index (χ0n) is 8.57. The van der Waals surface area contributed by atoms with Crippen molar-refractivity contribution in [1.82, 2.24) is 0 Å². The molecule has 90 valence electrons. The number of hydrogen-bond donors (Lipinski definition) is 1. The maximum Gasteiger partial charge on any atom is 0.307 e. The van der Waals surface area contributed by atoms with Gasteiger partial charge < -0.3 is 10.5 Å². The molecule has 0 aliphatic carbocycles.